The van der Waals surface area contributed by atoms with E-state index < -0.39 is 16.9 Å². The first-order chi connectivity index (χ1) is 17.5. The van der Waals surface area contributed by atoms with E-state index in [0.29, 0.717) is 18.1 Å². The predicted octanol–water partition coefficient (Wildman–Crippen LogP) is 1.27. The number of rotatable bonds is 11. The Labute approximate surface area is 216 Å². The molecule has 4 rings (SSSR count). The average molecular weight is 515 g/mol. The normalized spacial score (nSPS) is 18.8. The van der Waals surface area contributed by atoms with Crippen molar-refractivity contribution in [2.45, 2.75) is 44.9 Å². The summed E-state index contributed by atoms with van der Waals surface area (Å²) in [4.78, 5) is 25.6. The van der Waals surface area contributed by atoms with E-state index in [0.717, 1.165) is 57.7 Å². The summed E-state index contributed by atoms with van der Waals surface area (Å²) < 4.78 is 11.7. The van der Waals surface area contributed by atoms with Crippen molar-refractivity contribution < 1.29 is 14.1 Å². The van der Waals surface area contributed by atoms with Gasteiger partial charge in [0.2, 0.25) is 0 Å². The molecule has 2 unspecified atom stereocenters. The van der Waals surface area contributed by atoms with Crippen LogP contribution in [-0.4, -0.2) is 97.9 Å². The lowest BCUT2D eigenvalue weighted by Crippen LogP contribution is -2.42. The number of carbonyl (C=O) groups is 1. The van der Waals surface area contributed by atoms with Crippen LogP contribution in [0.3, 0.4) is 0 Å². The lowest BCUT2D eigenvalue weighted by molar-refractivity contribution is 0.0838. The number of piperidine rings is 1. The van der Waals surface area contributed by atoms with Crippen LogP contribution < -0.4 is 10.6 Å². The molecule has 0 radical (unpaired) electrons. The number of carbonyl (C=O) groups excluding carboxylic acids is 1. The van der Waals surface area contributed by atoms with Gasteiger partial charge in [0, 0.05) is 80.2 Å². The van der Waals surface area contributed by atoms with Gasteiger partial charge in [-0.3, -0.25) is 13.9 Å². The summed E-state index contributed by atoms with van der Waals surface area (Å²) in [6.07, 6.45) is 3.66. The topological polar surface area (TPSA) is 111 Å². The van der Waals surface area contributed by atoms with E-state index in [2.05, 4.69) is 48.6 Å². The van der Waals surface area contributed by atoms with E-state index in [1.165, 1.54) is 17.5 Å². The molecule has 2 atom stereocenters. The number of aromatic nitrogens is 2. The zero-order chi connectivity index (χ0) is 25.3. The number of nitrogens with one attached hydrogen (secondary N) is 2. The highest BCUT2D eigenvalue weighted by Gasteiger charge is 2.21. The first-order valence-electron chi connectivity index (χ1n) is 12.9. The minimum atomic E-state index is -0.721. The maximum atomic E-state index is 12.7. The zero-order valence-corrected chi connectivity index (χ0v) is 21.9. The first kappa shape index (κ1) is 26.7. The fourth-order valence-corrected chi connectivity index (χ4v) is 5.57. The molecule has 3 N–H and O–H groups in total. The fraction of sp³-hybridized carbons (Fsp3) is 0.577. The molecule has 10 heteroatoms. The Morgan fingerprint density at radius 2 is 1.94 bits per heavy atom. The molecule has 2 aliphatic heterocycles. The summed E-state index contributed by atoms with van der Waals surface area (Å²) in [5, 5.41) is 16.7. The molecule has 1 saturated heterocycles. The SMILES string of the molecule is CCS(=O)CCN1CCC(Nc2cc(C(=O)NCC(O)CN3CCc4ccccc4C3)ncn2)CC1. The number of hydrogen-bond donors (Lipinski definition) is 3. The predicted molar refractivity (Wildman–Crippen MR) is 142 cm³/mol. The van der Waals surface area contributed by atoms with Crippen LogP contribution in [0.4, 0.5) is 5.82 Å². The number of anilines is 1. The molecule has 2 aromatic rings. The molecule has 0 saturated carbocycles. The number of benzene rings is 1. The van der Waals surface area contributed by atoms with Crippen LogP contribution in [0.15, 0.2) is 36.7 Å². The van der Waals surface area contributed by atoms with Crippen LogP contribution in [0, 0.1) is 0 Å². The van der Waals surface area contributed by atoms with Gasteiger partial charge >= 0.3 is 0 Å². The van der Waals surface area contributed by atoms with Gasteiger partial charge < -0.3 is 20.6 Å². The van der Waals surface area contributed by atoms with E-state index in [4.69, 9.17) is 0 Å². The van der Waals surface area contributed by atoms with Gasteiger partial charge in [-0.2, -0.15) is 0 Å². The van der Waals surface area contributed by atoms with Crippen molar-refractivity contribution >= 4 is 22.5 Å². The van der Waals surface area contributed by atoms with Crippen LogP contribution in [0.25, 0.3) is 0 Å². The van der Waals surface area contributed by atoms with Crippen molar-refractivity contribution in [2.24, 2.45) is 0 Å². The van der Waals surface area contributed by atoms with Gasteiger partial charge in [-0.15, -0.1) is 0 Å². The van der Waals surface area contributed by atoms with Gasteiger partial charge in [-0.05, 0) is 30.4 Å². The highest BCUT2D eigenvalue weighted by molar-refractivity contribution is 7.84. The summed E-state index contributed by atoms with van der Waals surface area (Å²) in [6.45, 7) is 7.15. The second-order valence-electron chi connectivity index (χ2n) is 9.60. The summed E-state index contributed by atoms with van der Waals surface area (Å²) in [5.41, 5.74) is 2.96. The molecule has 9 nitrogen and oxygen atoms in total. The monoisotopic (exact) mass is 514 g/mol. The van der Waals surface area contributed by atoms with Crippen molar-refractivity contribution in [3.05, 3.63) is 53.5 Å². The molecule has 1 aromatic heterocycles. The van der Waals surface area contributed by atoms with Crippen LogP contribution in [0.1, 0.15) is 41.4 Å². The Kier molecular flexibility index (Phi) is 9.80. The molecule has 196 valence electrons. The first-order valence-corrected chi connectivity index (χ1v) is 14.4. The maximum Gasteiger partial charge on any atom is 0.270 e. The summed E-state index contributed by atoms with van der Waals surface area (Å²) in [6, 6.07) is 10.4. The van der Waals surface area contributed by atoms with Gasteiger partial charge in [-0.25, -0.2) is 9.97 Å². The Hall–Kier alpha value is -2.40. The van der Waals surface area contributed by atoms with Gasteiger partial charge in [0.15, 0.2) is 0 Å². The second kappa shape index (κ2) is 13.2. The highest BCUT2D eigenvalue weighted by atomic mass is 32.2. The molecule has 1 aromatic carbocycles. The molecular formula is C26H38N6O3S. The summed E-state index contributed by atoms with van der Waals surface area (Å²) in [5.74, 6) is 1.77. The smallest absolute Gasteiger partial charge is 0.270 e. The van der Waals surface area contributed by atoms with Crippen LogP contribution >= 0.6 is 0 Å². The van der Waals surface area contributed by atoms with Gasteiger partial charge in [0.05, 0.1) is 6.10 Å². The number of amides is 1. The third-order valence-corrected chi connectivity index (χ3v) is 8.26. The van der Waals surface area contributed by atoms with E-state index in [9.17, 15) is 14.1 Å². The minimum absolute atomic E-state index is 0.172. The molecule has 0 spiro atoms. The summed E-state index contributed by atoms with van der Waals surface area (Å²) >= 11 is 0. The average Bonchev–Trinajstić information content (AvgIpc) is 2.91. The second-order valence-corrected chi connectivity index (χ2v) is 11.5. The Bertz CT molecular complexity index is 1030. The molecule has 0 bridgehead atoms. The number of aliphatic hydroxyl groups is 1. The fourth-order valence-electron chi connectivity index (χ4n) is 4.82. The van der Waals surface area contributed by atoms with Crippen LogP contribution in [0.5, 0.6) is 0 Å². The lowest BCUT2D eigenvalue weighted by Gasteiger charge is -2.32. The largest absolute Gasteiger partial charge is 0.390 e. The number of likely N-dealkylation sites (tertiary alicyclic amines) is 1. The van der Waals surface area contributed by atoms with Crippen molar-refractivity contribution in [3.63, 3.8) is 0 Å². The molecule has 2 aliphatic rings. The molecule has 1 fully saturated rings. The van der Waals surface area contributed by atoms with Crippen molar-refractivity contribution in [1.29, 1.82) is 0 Å². The standard InChI is InChI=1S/C26H38N6O3S/c1-2-36(35)14-13-31-11-8-22(9-12-31)30-25-15-24(28-19-29-25)26(34)27-16-23(33)18-32-10-7-20-5-3-4-6-21(20)17-32/h3-6,15,19,22-23,33H,2,7-14,16-18H2,1H3,(H,27,34)(H,28,29,30). The molecular weight excluding hydrogens is 476 g/mol. The van der Waals surface area contributed by atoms with Crippen LogP contribution in [0.2, 0.25) is 0 Å². The lowest BCUT2D eigenvalue weighted by atomic mass is 10.00. The number of β-amino-alcohol motifs (C(OH)–C–C–N with tert-alkyl or cyclic N) is 1. The van der Waals surface area contributed by atoms with Gasteiger partial charge in [-0.1, -0.05) is 31.2 Å². The van der Waals surface area contributed by atoms with E-state index >= 15 is 0 Å². The van der Waals surface area contributed by atoms with E-state index in [1.54, 1.807) is 6.07 Å². The summed E-state index contributed by atoms with van der Waals surface area (Å²) in [7, 11) is -0.721. The van der Waals surface area contributed by atoms with Crippen molar-refractivity contribution in [1.82, 2.24) is 25.1 Å². The quantitative estimate of drug-likeness (QED) is 0.411. The molecule has 36 heavy (non-hydrogen) atoms. The number of hydrogen-bond acceptors (Lipinski definition) is 8. The Morgan fingerprint density at radius 3 is 2.72 bits per heavy atom. The Morgan fingerprint density at radius 1 is 1.17 bits per heavy atom. The number of aliphatic hydroxyl groups excluding tert-OH is 1. The number of fused-ring (bicyclic) bond motifs is 1. The van der Waals surface area contributed by atoms with Crippen molar-refractivity contribution in [2.75, 3.05) is 56.1 Å². The molecule has 3 heterocycles. The van der Waals surface area contributed by atoms with Crippen molar-refractivity contribution in [3.8, 4) is 0 Å². The van der Waals surface area contributed by atoms with Gasteiger partial charge in [0.1, 0.15) is 17.8 Å². The zero-order valence-electron chi connectivity index (χ0n) is 21.1. The third-order valence-electron chi connectivity index (χ3n) is 6.97. The van der Waals surface area contributed by atoms with Gasteiger partial charge in [0.25, 0.3) is 5.91 Å². The third kappa shape index (κ3) is 7.80. The maximum absolute atomic E-state index is 12.7. The highest BCUT2D eigenvalue weighted by Crippen LogP contribution is 2.19. The van der Waals surface area contributed by atoms with E-state index in [1.807, 2.05) is 13.0 Å². The Balaban J connectivity index is 1.19. The molecule has 1 amide bonds. The van der Waals surface area contributed by atoms with E-state index in [-0.39, 0.29) is 24.2 Å². The van der Waals surface area contributed by atoms with Crippen LogP contribution in [-0.2, 0) is 23.8 Å². The minimum Gasteiger partial charge on any atom is -0.390 e. The number of nitrogens with zero attached hydrogens (tertiary/aromatic N) is 4. The molecule has 0 aliphatic carbocycles.